The van der Waals surface area contributed by atoms with Crippen LogP contribution in [0.4, 0.5) is 0 Å². The Morgan fingerprint density at radius 3 is 2.89 bits per heavy atom. The van der Waals surface area contributed by atoms with Crippen molar-refractivity contribution >= 4 is 39.9 Å². The number of halogens is 1. The number of ether oxygens (including phenoxy) is 1. The molecule has 0 aliphatic heterocycles. The van der Waals surface area contributed by atoms with E-state index in [0.29, 0.717) is 6.61 Å². The van der Waals surface area contributed by atoms with Gasteiger partial charge in [0, 0.05) is 37.5 Å². The zero-order valence-electron chi connectivity index (χ0n) is 11.7. The second-order valence-corrected chi connectivity index (χ2v) is 7.28. The molecule has 0 saturated heterocycles. The van der Waals surface area contributed by atoms with Gasteiger partial charge in [-0.3, -0.25) is 4.99 Å². The summed E-state index contributed by atoms with van der Waals surface area (Å²) in [6.45, 7) is 6.49. The third-order valence-electron chi connectivity index (χ3n) is 2.40. The maximum atomic E-state index is 5.11. The number of methoxy groups -OCH3 is 1. The molecule has 0 aliphatic rings. The fourth-order valence-corrected chi connectivity index (χ4v) is 3.35. The molecule has 0 fully saturated rings. The van der Waals surface area contributed by atoms with Gasteiger partial charge in [0.25, 0.3) is 0 Å². The standard InChI is InChI=1S/C13H22IN3OS/c1-4-15-13(17-10(2)9-18-3)16-8-7-11-5-6-12(14)19-11/h5-6,10H,4,7-9H2,1-3H3,(H2,15,16,17). The lowest BCUT2D eigenvalue weighted by Crippen LogP contribution is -2.44. The molecule has 0 saturated carbocycles. The fourth-order valence-electron chi connectivity index (χ4n) is 1.61. The second-order valence-electron chi connectivity index (χ2n) is 4.22. The van der Waals surface area contributed by atoms with Crippen molar-refractivity contribution < 1.29 is 4.74 Å². The van der Waals surface area contributed by atoms with Gasteiger partial charge in [-0.05, 0) is 48.6 Å². The Bertz CT molecular complexity index is 395. The van der Waals surface area contributed by atoms with Gasteiger partial charge in [0.1, 0.15) is 0 Å². The quantitative estimate of drug-likeness (QED) is 0.424. The lowest BCUT2D eigenvalue weighted by molar-refractivity contribution is 0.179. The van der Waals surface area contributed by atoms with E-state index >= 15 is 0 Å². The summed E-state index contributed by atoms with van der Waals surface area (Å²) < 4.78 is 6.44. The number of hydrogen-bond acceptors (Lipinski definition) is 3. The molecular formula is C13H22IN3OS. The normalized spacial score (nSPS) is 13.4. The van der Waals surface area contributed by atoms with E-state index in [1.807, 2.05) is 11.3 Å². The monoisotopic (exact) mass is 395 g/mol. The molecule has 0 bridgehead atoms. The molecule has 1 aromatic heterocycles. The molecule has 2 N–H and O–H groups in total. The van der Waals surface area contributed by atoms with Crippen LogP contribution < -0.4 is 10.6 Å². The maximum absolute atomic E-state index is 5.11. The SMILES string of the molecule is CCNC(=NCCc1ccc(I)s1)NC(C)COC. The molecule has 1 rings (SSSR count). The lowest BCUT2D eigenvalue weighted by Gasteiger charge is -2.16. The van der Waals surface area contributed by atoms with Gasteiger partial charge in [-0.15, -0.1) is 11.3 Å². The van der Waals surface area contributed by atoms with Gasteiger partial charge < -0.3 is 15.4 Å². The van der Waals surface area contributed by atoms with Crippen LogP contribution in [0.2, 0.25) is 0 Å². The summed E-state index contributed by atoms with van der Waals surface area (Å²) in [5.41, 5.74) is 0. The van der Waals surface area contributed by atoms with E-state index in [4.69, 9.17) is 4.74 Å². The van der Waals surface area contributed by atoms with Gasteiger partial charge in [-0.25, -0.2) is 0 Å². The van der Waals surface area contributed by atoms with Crippen LogP contribution in [0.3, 0.4) is 0 Å². The van der Waals surface area contributed by atoms with Crippen LogP contribution in [-0.2, 0) is 11.2 Å². The fraction of sp³-hybridized carbons (Fsp3) is 0.615. The molecule has 0 aromatic carbocycles. The lowest BCUT2D eigenvalue weighted by atomic mass is 10.3. The van der Waals surface area contributed by atoms with Crippen molar-refractivity contribution in [3.63, 3.8) is 0 Å². The maximum Gasteiger partial charge on any atom is 0.191 e. The molecule has 0 amide bonds. The van der Waals surface area contributed by atoms with E-state index in [9.17, 15) is 0 Å². The third-order valence-corrected chi connectivity index (χ3v) is 4.35. The molecular weight excluding hydrogens is 373 g/mol. The van der Waals surface area contributed by atoms with Crippen LogP contribution >= 0.6 is 33.9 Å². The van der Waals surface area contributed by atoms with Crippen molar-refractivity contribution in [3.05, 3.63) is 19.9 Å². The molecule has 1 aromatic rings. The number of aliphatic imine (C=N–C) groups is 1. The summed E-state index contributed by atoms with van der Waals surface area (Å²) in [6.07, 6.45) is 0.989. The molecule has 4 nitrogen and oxygen atoms in total. The van der Waals surface area contributed by atoms with Gasteiger partial charge in [-0.2, -0.15) is 0 Å². The summed E-state index contributed by atoms with van der Waals surface area (Å²) >= 11 is 4.18. The minimum Gasteiger partial charge on any atom is -0.383 e. The van der Waals surface area contributed by atoms with E-state index in [-0.39, 0.29) is 6.04 Å². The molecule has 1 atom stereocenters. The van der Waals surface area contributed by atoms with E-state index in [0.717, 1.165) is 25.5 Å². The minimum absolute atomic E-state index is 0.255. The van der Waals surface area contributed by atoms with Crippen molar-refractivity contribution in [1.82, 2.24) is 10.6 Å². The van der Waals surface area contributed by atoms with Gasteiger partial charge in [0.15, 0.2) is 5.96 Å². The van der Waals surface area contributed by atoms with E-state index in [1.54, 1.807) is 7.11 Å². The Balaban J connectivity index is 2.43. The first kappa shape index (κ1) is 16.7. The second kappa shape index (κ2) is 9.55. The Morgan fingerprint density at radius 1 is 1.53 bits per heavy atom. The van der Waals surface area contributed by atoms with Gasteiger partial charge >= 0.3 is 0 Å². The van der Waals surface area contributed by atoms with Gasteiger partial charge in [-0.1, -0.05) is 0 Å². The number of hydrogen-bond donors (Lipinski definition) is 2. The molecule has 0 aliphatic carbocycles. The van der Waals surface area contributed by atoms with Crippen LogP contribution in [0.1, 0.15) is 18.7 Å². The highest BCUT2D eigenvalue weighted by molar-refractivity contribution is 14.1. The summed E-state index contributed by atoms with van der Waals surface area (Å²) in [4.78, 5) is 5.97. The number of rotatable bonds is 7. The zero-order chi connectivity index (χ0) is 14.1. The first-order chi connectivity index (χ1) is 9.15. The molecule has 0 radical (unpaired) electrons. The van der Waals surface area contributed by atoms with Crippen molar-refractivity contribution in [1.29, 1.82) is 0 Å². The highest BCUT2D eigenvalue weighted by atomic mass is 127. The van der Waals surface area contributed by atoms with E-state index in [2.05, 4.69) is 64.2 Å². The predicted molar refractivity (Wildman–Crippen MR) is 91.2 cm³/mol. The van der Waals surface area contributed by atoms with Crippen LogP contribution in [0.15, 0.2) is 17.1 Å². The summed E-state index contributed by atoms with van der Waals surface area (Å²) in [5, 5.41) is 6.57. The van der Waals surface area contributed by atoms with E-state index in [1.165, 1.54) is 7.76 Å². The topological polar surface area (TPSA) is 45.7 Å². The molecule has 0 spiro atoms. The Labute approximate surface area is 133 Å². The summed E-state index contributed by atoms with van der Waals surface area (Å²) in [5.74, 6) is 0.860. The highest BCUT2D eigenvalue weighted by Gasteiger charge is 2.04. The Morgan fingerprint density at radius 2 is 2.32 bits per heavy atom. The van der Waals surface area contributed by atoms with Crippen LogP contribution in [0.25, 0.3) is 0 Å². The first-order valence-electron chi connectivity index (χ1n) is 6.43. The number of nitrogens with one attached hydrogen (secondary N) is 2. The molecule has 1 unspecified atom stereocenters. The first-order valence-corrected chi connectivity index (χ1v) is 8.33. The van der Waals surface area contributed by atoms with Gasteiger partial charge in [0.05, 0.1) is 9.49 Å². The minimum atomic E-state index is 0.255. The van der Waals surface area contributed by atoms with Crippen LogP contribution in [0.5, 0.6) is 0 Å². The van der Waals surface area contributed by atoms with Crippen molar-refractivity contribution in [3.8, 4) is 0 Å². The molecule has 1 heterocycles. The number of nitrogens with zero attached hydrogens (tertiary/aromatic N) is 1. The highest BCUT2D eigenvalue weighted by Crippen LogP contribution is 2.18. The van der Waals surface area contributed by atoms with Crippen molar-refractivity contribution in [2.45, 2.75) is 26.3 Å². The summed E-state index contributed by atoms with van der Waals surface area (Å²) in [7, 11) is 1.71. The van der Waals surface area contributed by atoms with Crippen LogP contribution in [-0.4, -0.2) is 38.8 Å². The zero-order valence-corrected chi connectivity index (χ0v) is 14.7. The van der Waals surface area contributed by atoms with Crippen LogP contribution in [0, 0.1) is 2.88 Å². The summed E-state index contributed by atoms with van der Waals surface area (Å²) in [6, 6.07) is 4.58. The van der Waals surface area contributed by atoms with Crippen molar-refractivity contribution in [2.24, 2.45) is 4.99 Å². The van der Waals surface area contributed by atoms with Crippen molar-refractivity contribution in [2.75, 3.05) is 26.8 Å². The number of guanidine groups is 1. The average molecular weight is 395 g/mol. The number of thiophene rings is 1. The van der Waals surface area contributed by atoms with Gasteiger partial charge in [0.2, 0.25) is 0 Å². The average Bonchev–Trinajstić information content (AvgIpc) is 2.75. The Hall–Kier alpha value is -0.340. The predicted octanol–water partition coefficient (Wildman–Crippen LogP) is 2.49. The van der Waals surface area contributed by atoms with E-state index < -0.39 is 0 Å². The molecule has 19 heavy (non-hydrogen) atoms. The molecule has 108 valence electrons. The smallest absolute Gasteiger partial charge is 0.191 e. The molecule has 6 heteroatoms. The third kappa shape index (κ3) is 7.12. The largest absolute Gasteiger partial charge is 0.383 e. The Kier molecular flexibility index (Phi) is 8.40.